The van der Waals surface area contributed by atoms with Gasteiger partial charge < -0.3 is 5.21 Å². The summed E-state index contributed by atoms with van der Waals surface area (Å²) in [7, 11) is -4.73. The van der Waals surface area contributed by atoms with Crippen LogP contribution in [0.25, 0.3) is 0 Å². The molecule has 0 saturated heterocycles. The summed E-state index contributed by atoms with van der Waals surface area (Å²) >= 11 is 0. The van der Waals surface area contributed by atoms with Crippen molar-refractivity contribution in [3.63, 3.8) is 0 Å². The van der Waals surface area contributed by atoms with Crippen molar-refractivity contribution in [2.24, 2.45) is 0 Å². The molecule has 0 aliphatic heterocycles. The van der Waals surface area contributed by atoms with Gasteiger partial charge in [-0.1, -0.05) is 38.3 Å². The third kappa shape index (κ3) is 4.26. The number of hydrogen-bond acceptors (Lipinski definition) is 5. The number of unbranched alkanes of at least 4 members (excludes halogenated alkanes) is 3. The Morgan fingerprint density at radius 1 is 1.11 bits per heavy atom. The van der Waals surface area contributed by atoms with Gasteiger partial charge in [-0.25, -0.2) is 0 Å². The van der Waals surface area contributed by atoms with Crippen LogP contribution >= 0.6 is 0 Å². The van der Waals surface area contributed by atoms with E-state index in [2.05, 4.69) is 6.92 Å². The summed E-state index contributed by atoms with van der Waals surface area (Å²) in [5.74, 6) is 0. The number of quaternary nitrogens is 1. The molecule has 0 aliphatic carbocycles. The number of benzene rings is 1. The molecule has 1 rings (SSSR count). The molecular weight excluding hydrogens is 270 g/mol. The zero-order valence-corrected chi connectivity index (χ0v) is 11.6. The first-order valence-corrected chi connectivity index (χ1v) is 7.62. The average molecular weight is 289 g/mol. The van der Waals surface area contributed by atoms with E-state index in [1.165, 1.54) is 12.1 Å². The SMILES string of the molecule is CCCCCCc1ccc(S(=O)(=O)[N+]([O-])(O)O)cc1. The van der Waals surface area contributed by atoms with E-state index in [-0.39, 0.29) is 0 Å². The van der Waals surface area contributed by atoms with Gasteiger partial charge >= 0.3 is 10.0 Å². The Hall–Kier alpha value is -0.990. The van der Waals surface area contributed by atoms with E-state index < -0.39 is 19.3 Å². The predicted octanol–water partition coefficient (Wildman–Crippen LogP) is 2.59. The maximum atomic E-state index is 11.4. The molecule has 0 aliphatic rings. The van der Waals surface area contributed by atoms with Crippen molar-refractivity contribution < 1.29 is 23.2 Å². The van der Waals surface area contributed by atoms with Gasteiger partial charge in [-0.15, -0.1) is 0 Å². The second kappa shape index (κ2) is 6.44. The third-order valence-electron chi connectivity index (χ3n) is 2.85. The Morgan fingerprint density at radius 3 is 2.16 bits per heavy atom. The van der Waals surface area contributed by atoms with Crippen LogP contribution in [0.2, 0.25) is 0 Å². The summed E-state index contributed by atoms with van der Waals surface area (Å²) in [5.41, 5.74) is 0.954. The highest BCUT2D eigenvalue weighted by molar-refractivity contribution is 7.85. The van der Waals surface area contributed by atoms with Gasteiger partial charge in [0.2, 0.25) is 0 Å². The molecular formula is C12H19NO5S. The van der Waals surface area contributed by atoms with Gasteiger partial charge in [0.15, 0.2) is 0 Å². The smallest absolute Gasteiger partial charge is 0.388 e. The van der Waals surface area contributed by atoms with Crippen molar-refractivity contribution in [2.45, 2.75) is 43.9 Å². The number of aryl methyl sites for hydroxylation is 1. The number of hydrogen-bond donors (Lipinski definition) is 2. The average Bonchev–Trinajstić information content (AvgIpc) is 2.34. The van der Waals surface area contributed by atoms with Crippen LogP contribution in [0.1, 0.15) is 38.2 Å². The molecule has 0 fully saturated rings. The van der Waals surface area contributed by atoms with Gasteiger partial charge in [0.1, 0.15) is 4.90 Å². The van der Waals surface area contributed by atoms with Crippen LogP contribution in [0, 0.1) is 5.21 Å². The van der Waals surface area contributed by atoms with Crippen molar-refractivity contribution in [3.8, 4) is 0 Å². The van der Waals surface area contributed by atoms with Crippen LogP contribution in [0.15, 0.2) is 29.2 Å². The van der Waals surface area contributed by atoms with E-state index in [4.69, 9.17) is 10.4 Å². The second-order valence-corrected chi connectivity index (χ2v) is 6.32. The molecule has 6 nitrogen and oxygen atoms in total. The van der Waals surface area contributed by atoms with E-state index in [1.807, 2.05) is 0 Å². The molecule has 2 N–H and O–H groups in total. The molecule has 108 valence electrons. The molecule has 0 unspecified atom stereocenters. The Balaban J connectivity index is 2.72. The Kier molecular flexibility index (Phi) is 5.45. The molecule has 0 radical (unpaired) electrons. The summed E-state index contributed by atoms with van der Waals surface area (Å²) in [6, 6.07) is 5.58. The normalized spacial score (nSPS) is 12.6. The molecule has 0 aromatic heterocycles. The first kappa shape index (κ1) is 16.1. The van der Waals surface area contributed by atoms with Crippen LogP contribution in [-0.4, -0.2) is 23.2 Å². The lowest BCUT2D eigenvalue weighted by Crippen LogP contribution is -2.40. The molecule has 19 heavy (non-hydrogen) atoms. The molecule has 1 aromatic rings. The Morgan fingerprint density at radius 2 is 1.68 bits per heavy atom. The van der Waals surface area contributed by atoms with E-state index in [0.717, 1.165) is 37.7 Å². The summed E-state index contributed by atoms with van der Waals surface area (Å²) < 4.78 is 19.5. The molecule has 0 atom stereocenters. The lowest BCUT2D eigenvalue weighted by atomic mass is 10.1. The van der Waals surface area contributed by atoms with Crippen LogP contribution in [0.4, 0.5) is 0 Å². The van der Waals surface area contributed by atoms with Crippen LogP contribution in [0.5, 0.6) is 0 Å². The zero-order chi connectivity index (χ0) is 14.5. The van der Waals surface area contributed by atoms with Gasteiger partial charge in [0, 0.05) is 4.38 Å². The van der Waals surface area contributed by atoms with Gasteiger partial charge in [-0.3, -0.25) is 0 Å². The number of sulfonamides is 1. The van der Waals surface area contributed by atoms with Crippen LogP contribution in [-0.2, 0) is 16.4 Å². The minimum atomic E-state index is -4.73. The molecule has 0 spiro atoms. The number of nitrogens with zero attached hydrogens (tertiary/aromatic N) is 1. The lowest BCUT2D eigenvalue weighted by Gasteiger charge is -2.22. The molecule has 7 heteroatoms. The van der Waals surface area contributed by atoms with E-state index in [1.54, 1.807) is 12.1 Å². The summed E-state index contributed by atoms with van der Waals surface area (Å²) in [5, 5.41) is 28.0. The second-order valence-electron chi connectivity index (χ2n) is 4.42. The largest absolute Gasteiger partial charge is 0.548 e. The highest BCUT2D eigenvalue weighted by atomic mass is 32.2. The molecule has 0 amide bonds. The maximum absolute atomic E-state index is 11.4. The first-order valence-electron chi connectivity index (χ1n) is 6.18. The van der Waals surface area contributed by atoms with Crippen molar-refractivity contribution in [1.82, 2.24) is 0 Å². The molecule has 1 aromatic carbocycles. The van der Waals surface area contributed by atoms with Crippen molar-refractivity contribution >= 4 is 10.0 Å². The van der Waals surface area contributed by atoms with Crippen LogP contribution < -0.4 is 0 Å². The van der Waals surface area contributed by atoms with E-state index in [0.29, 0.717) is 0 Å². The maximum Gasteiger partial charge on any atom is 0.388 e. The monoisotopic (exact) mass is 289 g/mol. The highest BCUT2D eigenvalue weighted by Crippen LogP contribution is 2.19. The fraction of sp³-hybridized carbons (Fsp3) is 0.500. The predicted molar refractivity (Wildman–Crippen MR) is 68.7 cm³/mol. The highest BCUT2D eigenvalue weighted by Gasteiger charge is 2.33. The fourth-order valence-electron chi connectivity index (χ4n) is 1.72. The third-order valence-corrected chi connectivity index (χ3v) is 4.35. The quantitative estimate of drug-likeness (QED) is 0.457. The van der Waals surface area contributed by atoms with Crippen molar-refractivity contribution in [3.05, 3.63) is 35.0 Å². The Bertz CT molecular complexity index is 490. The molecule has 0 bridgehead atoms. The topological polar surface area (TPSA) is 97.7 Å². The van der Waals surface area contributed by atoms with Crippen molar-refractivity contribution in [2.75, 3.05) is 0 Å². The van der Waals surface area contributed by atoms with Gasteiger partial charge in [-0.05, 0) is 30.5 Å². The molecule has 0 saturated carbocycles. The fourth-order valence-corrected chi connectivity index (χ4v) is 2.48. The lowest BCUT2D eigenvalue weighted by molar-refractivity contribution is -1.12. The van der Waals surface area contributed by atoms with Crippen molar-refractivity contribution in [1.29, 1.82) is 0 Å². The summed E-state index contributed by atoms with van der Waals surface area (Å²) in [6.07, 6.45) is 5.27. The minimum absolute atomic E-state index is 0.412. The van der Waals surface area contributed by atoms with Crippen LogP contribution in [0.3, 0.4) is 0 Å². The minimum Gasteiger partial charge on any atom is -0.548 e. The number of rotatable bonds is 7. The van der Waals surface area contributed by atoms with Gasteiger partial charge in [0.25, 0.3) is 0 Å². The standard InChI is InChI=1S/C12H19NO5S/c1-2-3-4-5-6-11-7-9-12(10-8-11)19(17,18)13(14,15)16/h7-10,14-15H,2-6H2,1H3. The summed E-state index contributed by atoms with van der Waals surface area (Å²) in [6.45, 7) is 2.12. The van der Waals surface area contributed by atoms with E-state index in [9.17, 15) is 13.6 Å². The van der Waals surface area contributed by atoms with Gasteiger partial charge in [-0.2, -0.15) is 18.8 Å². The van der Waals surface area contributed by atoms with Gasteiger partial charge in [0.05, 0.1) is 0 Å². The first-order chi connectivity index (χ1) is 8.79. The molecule has 0 heterocycles. The zero-order valence-electron chi connectivity index (χ0n) is 10.8. The van der Waals surface area contributed by atoms with E-state index >= 15 is 0 Å². The summed E-state index contributed by atoms with van der Waals surface area (Å²) in [4.78, 5) is -0.412. The Labute approximate surface area is 113 Å².